The quantitative estimate of drug-likeness (QED) is 0.692. The largest absolute Gasteiger partial charge is 0.391 e. The third kappa shape index (κ3) is 1.78. The van der Waals surface area contributed by atoms with E-state index in [9.17, 15) is 5.11 Å². The standard InChI is InChI=1S/C9H17NOS/c1-10-4-5-12-6-8(10)9(11)7-2-3-7/h7-9,11H,2-6H2,1H3. The van der Waals surface area contributed by atoms with Crippen molar-refractivity contribution in [1.29, 1.82) is 0 Å². The fourth-order valence-corrected chi connectivity index (χ4v) is 3.09. The summed E-state index contributed by atoms with van der Waals surface area (Å²) < 4.78 is 0. The number of thioether (sulfide) groups is 1. The molecule has 2 aliphatic rings. The Morgan fingerprint density at radius 3 is 2.83 bits per heavy atom. The zero-order valence-corrected chi connectivity index (χ0v) is 8.39. The van der Waals surface area contributed by atoms with Crippen LogP contribution in [0.3, 0.4) is 0 Å². The number of nitrogens with zero attached hydrogens (tertiary/aromatic N) is 1. The second kappa shape index (κ2) is 3.56. The Morgan fingerprint density at radius 2 is 2.25 bits per heavy atom. The van der Waals surface area contributed by atoms with Crippen molar-refractivity contribution in [1.82, 2.24) is 4.90 Å². The molecule has 2 fully saturated rings. The average Bonchev–Trinajstić information content (AvgIpc) is 2.86. The molecule has 1 saturated heterocycles. The number of aliphatic hydroxyl groups excluding tert-OH is 1. The summed E-state index contributed by atoms with van der Waals surface area (Å²) in [5.41, 5.74) is 0. The monoisotopic (exact) mass is 187 g/mol. The van der Waals surface area contributed by atoms with Gasteiger partial charge in [0.1, 0.15) is 0 Å². The Bertz CT molecular complexity index is 161. The van der Waals surface area contributed by atoms with Gasteiger partial charge in [0.15, 0.2) is 0 Å². The van der Waals surface area contributed by atoms with Crippen LogP contribution in [0.1, 0.15) is 12.8 Å². The minimum absolute atomic E-state index is 0.0530. The van der Waals surface area contributed by atoms with E-state index in [4.69, 9.17) is 0 Å². The van der Waals surface area contributed by atoms with Crippen LogP contribution in [0.25, 0.3) is 0 Å². The summed E-state index contributed by atoms with van der Waals surface area (Å²) in [5, 5.41) is 9.93. The van der Waals surface area contributed by atoms with E-state index in [-0.39, 0.29) is 6.10 Å². The number of aliphatic hydroxyl groups is 1. The van der Waals surface area contributed by atoms with Crippen molar-refractivity contribution in [3.05, 3.63) is 0 Å². The number of hydrogen-bond donors (Lipinski definition) is 1. The Morgan fingerprint density at radius 1 is 1.50 bits per heavy atom. The van der Waals surface area contributed by atoms with E-state index < -0.39 is 0 Å². The van der Waals surface area contributed by atoms with Crippen LogP contribution in [0.5, 0.6) is 0 Å². The molecule has 0 aromatic heterocycles. The van der Waals surface area contributed by atoms with Crippen molar-refractivity contribution in [2.45, 2.75) is 25.0 Å². The minimum atomic E-state index is -0.0530. The van der Waals surface area contributed by atoms with E-state index >= 15 is 0 Å². The fourth-order valence-electron chi connectivity index (χ4n) is 1.82. The second-order valence-corrected chi connectivity index (χ2v) is 5.10. The van der Waals surface area contributed by atoms with Gasteiger partial charge in [0.05, 0.1) is 6.10 Å². The Kier molecular flexibility index (Phi) is 2.63. The molecule has 1 saturated carbocycles. The summed E-state index contributed by atoms with van der Waals surface area (Å²) in [6.07, 6.45) is 2.44. The van der Waals surface area contributed by atoms with Crippen LogP contribution in [-0.4, -0.2) is 47.3 Å². The molecule has 70 valence electrons. The van der Waals surface area contributed by atoms with Gasteiger partial charge in [-0.3, -0.25) is 4.90 Å². The highest BCUT2D eigenvalue weighted by Crippen LogP contribution is 2.36. The van der Waals surface area contributed by atoms with Crippen molar-refractivity contribution < 1.29 is 5.11 Å². The van der Waals surface area contributed by atoms with E-state index in [0.29, 0.717) is 12.0 Å². The van der Waals surface area contributed by atoms with Gasteiger partial charge in [-0.1, -0.05) is 0 Å². The van der Waals surface area contributed by atoms with Gasteiger partial charge < -0.3 is 5.11 Å². The van der Waals surface area contributed by atoms with Gasteiger partial charge in [-0.2, -0.15) is 11.8 Å². The Balaban J connectivity index is 1.90. The molecule has 1 N–H and O–H groups in total. The molecule has 3 heteroatoms. The lowest BCUT2D eigenvalue weighted by atomic mass is 10.1. The van der Waals surface area contributed by atoms with E-state index in [0.717, 1.165) is 12.3 Å². The van der Waals surface area contributed by atoms with E-state index in [1.165, 1.54) is 18.6 Å². The number of likely N-dealkylation sites (N-methyl/N-ethyl adjacent to an activating group) is 1. The number of rotatable bonds is 2. The Hall–Kier alpha value is 0.270. The lowest BCUT2D eigenvalue weighted by Gasteiger charge is -2.35. The first-order valence-electron chi connectivity index (χ1n) is 4.75. The fraction of sp³-hybridized carbons (Fsp3) is 1.00. The van der Waals surface area contributed by atoms with Crippen LogP contribution in [0.15, 0.2) is 0 Å². The van der Waals surface area contributed by atoms with Crippen molar-refractivity contribution in [2.75, 3.05) is 25.1 Å². The van der Waals surface area contributed by atoms with Crippen molar-refractivity contribution in [3.8, 4) is 0 Å². The molecule has 0 spiro atoms. The Labute approximate surface area is 78.3 Å². The second-order valence-electron chi connectivity index (χ2n) is 3.95. The third-order valence-corrected chi connectivity index (χ3v) is 3.99. The van der Waals surface area contributed by atoms with Crippen LogP contribution in [0.2, 0.25) is 0 Å². The van der Waals surface area contributed by atoms with Crippen LogP contribution in [0.4, 0.5) is 0 Å². The van der Waals surface area contributed by atoms with Gasteiger partial charge in [-0.15, -0.1) is 0 Å². The molecule has 2 unspecified atom stereocenters. The molecular formula is C9H17NOS. The first-order valence-corrected chi connectivity index (χ1v) is 5.90. The van der Waals surface area contributed by atoms with Gasteiger partial charge in [-0.05, 0) is 25.8 Å². The van der Waals surface area contributed by atoms with Gasteiger partial charge >= 0.3 is 0 Å². The van der Waals surface area contributed by atoms with E-state index in [2.05, 4.69) is 11.9 Å². The van der Waals surface area contributed by atoms with Crippen molar-refractivity contribution in [2.24, 2.45) is 5.92 Å². The molecule has 2 atom stereocenters. The molecule has 1 aliphatic heterocycles. The summed E-state index contributed by atoms with van der Waals surface area (Å²) in [4.78, 5) is 2.32. The molecule has 0 aromatic carbocycles. The normalized spacial score (nSPS) is 35.0. The predicted molar refractivity (Wildman–Crippen MR) is 52.5 cm³/mol. The summed E-state index contributed by atoms with van der Waals surface area (Å²) in [6, 6.07) is 0.427. The highest BCUT2D eigenvalue weighted by Gasteiger charge is 2.37. The topological polar surface area (TPSA) is 23.5 Å². The van der Waals surface area contributed by atoms with E-state index in [1.54, 1.807) is 0 Å². The molecule has 1 aliphatic carbocycles. The summed E-state index contributed by atoms with van der Waals surface area (Å²) in [7, 11) is 2.13. The zero-order valence-electron chi connectivity index (χ0n) is 7.57. The number of hydrogen-bond acceptors (Lipinski definition) is 3. The van der Waals surface area contributed by atoms with Crippen LogP contribution in [-0.2, 0) is 0 Å². The van der Waals surface area contributed by atoms with Gasteiger partial charge in [-0.25, -0.2) is 0 Å². The lowest BCUT2D eigenvalue weighted by Crippen LogP contribution is -2.47. The first-order chi connectivity index (χ1) is 5.79. The molecule has 2 rings (SSSR count). The van der Waals surface area contributed by atoms with Crippen LogP contribution in [0, 0.1) is 5.92 Å². The summed E-state index contributed by atoms with van der Waals surface area (Å²) >= 11 is 1.98. The maximum Gasteiger partial charge on any atom is 0.0731 e. The zero-order chi connectivity index (χ0) is 8.55. The predicted octanol–water partition coefficient (Wildman–Crippen LogP) is 0.804. The summed E-state index contributed by atoms with van der Waals surface area (Å²) in [6.45, 7) is 1.14. The molecule has 0 aromatic rings. The highest BCUT2D eigenvalue weighted by atomic mass is 32.2. The van der Waals surface area contributed by atoms with Crippen molar-refractivity contribution in [3.63, 3.8) is 0 Å². The van der Waals surface area contributed by atoms with Crippen LogP contribution < -0.4 is 0 Å². The lowest BCUT2D eigenvalue weighted by molar-refractivity contribution is 0.0595. The van der Waals surface area contributed by atoms with Crippen LogP contribution >= 0.6 is 11.8 Å². The maximum absolute atomic E-state index is 9.93. The minimum Gasteiger partial charge on any atom is -0.391 e. The van der Waals surface area contributed by atoms with Gasteiger partial charge in [0, 0.05) is 24.1 Å². The maximum atomic E-state index is 9.93. The molecule has 1 heterocycles. The average molecular weight is 187 g/mol. The third-order valence-electron chi connectivity index (χ3n) is 2.94. The summed E-state index contributed by atoms with van der Waals surface area (Å²) in [5.74, 6) is 2.97. The highest BCUT2D eigenvalue weighted by molar-refractivity contribution is 7.99. The van der Waals surface area contributed by atoms with E-state index in [1.807, 2.05) is 11.8 Å². The molecule has 2 nitrogen and oxygen atoms in total. The molecule has 12 heavy (non-hydrogen) atoms. The van der Waals surface area contributed by atoms with Gasteiger partial charge in [0.2, 0.25) is 0 Å². The molecule has 0 amide bonds. The van der Waals surface area contributed by atoms with Gasteiger partial charge in [0.25, 0.3) is 0 Å². The molecular weight excluding hydrogens is 170 g/mol. The molecule has 0 radical (unpaired) electrons. The smallest absolute Gasteiger partial charge is 0.0731 e. The molecule has 0 bridgehead atoms. The first kappa shape index (κ1) is 8.85. The van der Waals surface area contributed by atoms with Crippen molar-refractivity contribution >= 4 is 11.8 Å². The SMILES string of the molecule is CN1CCSCC1C(O)C1CC1.